The first-order valence-corrected chi connectivity index (χ1v) is 5.44. The molecule has 0 aliphatic heterocycles. The van der Waals surface area contributed by atoms with Gasteiger partial charge in [-0.3, -0.25) is 0 Å². The second-order valence-corrected chi connectivity index (χ2v) is 3.61. The van der Waals surface area contributed by atoms with Crippen LogP contribution in [0.25, 0.3) is 0 Å². The summed E-state index contributed by atoms with van der Waals surface area (Å²) in [5.74, 6) is 0.327. The fourth-order valence-corrected chi connectivity index (χ4v) is 1.30. The van der Waals surface area contributed by atoms with Crippen LogP contribution in [-0.2, 0) is 6.42 Å². The van der Waals surface area contributed by atoms with Crippen molar-refractivity contribution in [3.63, 3.8) is 0 Å². The summed E-state index contributed by atoms with van der Waals surface area (Å²) in [5, 5.41) is 10.1. The molecule has 0 heterocycles. The van der Waals surface area contributed by atoms with Gasteiger partial charge in [-0.05, 0) is 30.5 Å². The second kappa shape index (κ2) is 5.81. The van der Waals surface area contributed by atoms with Gasteiger partial charge < -0.3 is 5.11 Å². The highest BCUT2D eigenvalue weighted by Crippen LogP contribution is 2.10. The first-order chi connectivity index (χ1) is 6.33. The fraction of sp³-hybridized carbons (Fsp3) is 0.273. The number of allylic oxidation sites excluding steroid dienone is 2. The van der Waals surface area contributed by atoms with Crippen LogP contribution in [0.1, 0.15) is 12.0 Å². The summed E-state index contributed by atoms with van der Waals surface area (Å²) < 4.78 is 0. The summed E-state index contributed by atoms with van der Waals surface area (Å²) in [6.07, 6.45) is 6.31. The molecule has 0 aromatic heterocycles. The number of alkyl halides is 1. The van der Waals surface area contributed by atoms with Gasteiger partial charge in [0, 0.05) is 5.33 Å². The van der Waals surface area contributed by atoms with Gasteiger partial charge in [0.15, 0.2) is 0 Å². The molecule has 1 N–H and O–H groups in total. The van der Waals surface area contributed by atoms with E-state index in [4.69, 9.17) is 5.11 Å². The molecule has 0 saturated carbocycles. The van der Waals surface area contributed by atoms with Crippen LogP contribution in [0.5, 0.6) is 5.75 Å². The molecule has 1 rings (SSSR count). The standard InChI is InChI=1S/C11H13BrO/c12-9-3-1-2-4-10-5-7-11(13)8-6-10/h1-2,5-8,13H,3-4,9H2. The van der Waals surface area contributed by atoms with E-state index in [9.17, 15) is 0 Å². The Morgan fingerprint density at radius 2 is 1.85 bits per heavy atom. The van der Waals surface area contributed by atoms with Gasteiger partial charge in [-0.1, -0.05) is 40.2 Å². The minimum absolute atomic E-state index is 0.327. The lowest BCUT2D eigenvalue weighted by Gasteiger charge is -1.95. The Morgan fingerprint density at radius 1 is 1.15 bits per heavy atom. The van der Waals surface area contributed by atoms with Crippen molar-refractivity contribution in [2.24, 2.45) is 0 Å². The van der Waals surface area contributed by atoms with Crippen molar-refractivity contribution in [2.75, 3.05) is 5.33 Å². The van der Waals surface area contributed by atoms with E-state index >= 15 is 0 Å². The Balaban J connectivity index is 2.41. The maximum atomic E-state index is 9.04. The molecule has 0 amide bonds. The van der Waals surface area contributed by atoms with E-state index < -0.39 is 0 Å². The average molecular weight is 241 g/mol. The lowest BCUT2D eigenvalue weighted by Crippen LogP contribution is -1.79. The molecule has 1 nitrogen and oxygen atoms in total. The molecule has 0 radical (unpaired) electrons. The molecule has 13 heavy (non-hydrogen) atoms. The van der Waals surface area contributed by atoms with Gasteiger partial charge >= 0.3 is 0 Å². The molecule has 0 atom stereocenters. The van der Waals surface area contributed by atoms with Crippen molar-refractivity contribution in [3.8, 4) is 5.75 Å². The number of phenols is 1. The third-order valence-electron chi connectivity index (χ3n) is 1.73. The molecule has 0 saturated heterocycles. The van der Waals surface area contributed by atoms with Crippen LogP contribution in [0.15, 0.2) is 36.4 Å². The zero-order valence-corrected chi connectivity index (χ0v) is 9.00. The summed E-state index contributed by atoms with van der Waals surface area (Å²) in [5.41, 5.74) is 1.23. The predicted octanol–water partition coefficient (Wildman–Crippen LogP) is 3.28. The van der Waals surface area contributed by atoms with Crippen LogP contribution in [0.3, 0.4) is 0 Å². The highest BCUT2D eigenvalue weighted by Gasteiger charge is 1.89. The fourth-order valence-electron chi connectivity index (χ4n) is 1.03. The molecule has 1 aromatic carbocycles. The number of phenolic OH excluding ortho intramolecular Hbond substituents is 1. The van der Waals surface area contributed by atoms with E-state index in [0.29, 0.717) is 5.75 Å². The molecule has 0 aliphatic rings. The van der Waals surface area contributed by atoms with Crippen molar-refractivity contribution in [1.82, 2.24) is 0 Å². The summed E-state index contributed by atoms with van der Waals surface area (Å²) in [7, 11) is 0. The number of hydrogen-bond acceptors (Lipinski definition) is 1. The molecule has 0 spiro atoms. The Hall–Kier alpha value is -0.760. The molecule has 0 fully saturated rings. The molecule has 0 bridgehead atoms. The SMILES string of the molecule is Oc1ccc(CC=CCCBr)cc1. The number of benzene rings is 1. The normalized spacial score (nSPS) is 10.8. The van der Waals surface area contributed by atoms with Crippen molar-refractivity contribution in [3.05, 3.63) is 42.0 Å². The Labute approximate surface area is 87.2 Å². The topological polar surface area (TPSA) is 20.2 Å². The van der Waals surface area contributed by atoms with Gasteiger partial charge in [-0.25, -0.2) is 0 Å². The molecule has 0 unspecified atom stereocenters. The van der Waals surface area contributed by atoms with Gasteiger partial charge in [0.25, 0.3) is 0 Å². The average Bonchev–Trinajstić information content (AvgIpc) is 2.15. The van der Waals surface area contributed by atoms with Gasteiger partial charge in [-0.2, -0.15) is 0 Å². The van der Waals surface area contributed by atoms with Crippen molar-refractivity contribution in [1.29, 1.82) is 0 Å². The van der Waals surface area contributed by atoms with Crippen LogP contribution >= 0.6 is 15.9 Å². The number of aromatic hydroxyl groups is 1. The largest absolute Gasteiger partial charge is 0.508 e. The molecular formula is C11H13BrO. The van der Waals surface area contributed by atoms with E-state index in [2.05, 4.69) is 28.1 Å². The van der Waals surface area contributed by atoms with Crippen molar-refractivity contribution < 1.29 is 5.11 Å². The number of hydrogen-bond donors (Lipinski definition) is 1. The van der Waals surface area contributed by atoms with E-state index in [1.54, 1.807) is 12.1 Å². The second-order valence-electron chi connectivity index (χ2n) is 2.82. The van der Waals surface area contributed by atoms with Crippen molar-refractivity contribution in [2.45, 2.75) is 12.8 Å². The zero-order chi connectivity index (χ0) is 9.52. The van der Waals surface area contributed by atoms with E-state index in [0.717, 1.165) is 18.2 Å². The minimum Gasteiger partial charge on any atom is -0.508 e. The third-order valence-corrected chi connectivity index (χ3v) is 2.19. The van der Waals surface area contributed by atoms with Crippen LogP contribution in [0.2, 0.25) is 0 Å². The van der Waals surface area contributed by atoms with Crippen LogP contribution < -0.4 is 0 Å². The molecule has 1 aromatic rings. The molecular weight excluding hydrogens is 228 g/mol. The van der Waals surface area contributed by atoms with Gasteiger partial charge in [0.05, 0.1) is 0 Å². The zero-order valence-electron chi connectivity index (χ0n) is 7.41. The monoisotopic (exact) mass is 240 g/mol. The van der Waals surface area contributed by atoms with Crippen LogP contribution in [0, 0.1) is 0 Å². The van der Waals surface area contributed by atoms with Crippen LogP contribution in [0.4, 0.5) is 0 Å². The summed E-state index contributed by atoms with van der Waals surface area (Å²) in [6.45, 7) is 0. The highest BCUT2D eigenvalue weighted by atomic mass is 79.9. The lowest BCUT2D eigenvalue weighted by molar-refractivity contribution is 0.475. The molecule has 0 aliphatic carbocycles. The maximum absolute atomic E-state index is 9.04. The quantitative estimate of drug-likeness (QED) is 0.633. The lowest BCUT2D eigenvalue weighted by atomic mass is 10.1. The molecule has 2 heteroatoms. The summed E-state index contributed by atoms with van der Waals surface area (Å²) in [6, 6.07) is 7.31. The summed E-state index contributed by atoms with van der Waals surface area (Å²) >= 11 is 3.36. The Kier molecular flexibility index (Phi) is 4.61. The number of halogens is 1. The van der Waals surface area contributed by atoms with Crippen LogP contribution in [-0.4, -0.2) is 10.4 Å². The van der Waals surface area contributed by atoms with Gasteiger partial charge in [-0.15, -0.1) is 0 Å². The third kappa shape index (κ3) is 4.13. The van der Waals surface area contributed by atoms with E-state index in [1.165, 1.54) is 5.56 Å². The first kappa shape index (κ1) is 10.3. The Bertz CT molecular complexity index is 264. The highest BCUT2D eigenvalue weighted by molar-refractivity contribution is 9.09. The summed E-state index contributed by atoms with van der Waals surface area (Å²) in [4.78, 5) is 0. The number of rotatable bonds is 4. The first-order valence-electron chi connectivity index (χ1n) is 4.32. The molecule has 70 valence electrons. The van der Waals surface area contributed by atoms with E-state index in [-0.39, 0.29) is 0 Å². The van der Waals surface area contributed by atoms with Gasteiger partial charge in [0.2, 0.25) is 0 Å². The maximum Gasteiger partial charge on any atom is 0.115 e. The van der Waals surface area contributed by atoms with Crippen molar-refractivity contribution >= 4 is 15.9 Å². The van der Waals surface area contributed by atoms with E-state index in [1.807, 2.05) is 12.1 Å². The van der Waals surface area contributed by atoms with Gasteiger partial charge in [0.1, 0.15) is 5.75 Å². The smallest absolute Gasteiger partial charge is 0.115 e. The Morgan fingerprint density at radius 3 is 2.46 bits per heavy atom. The predicted molar refractivity (Wildman–Crippen MR) is 59.4 cm³/mol. The minimum atomic E-state index is 0.327.